The van der Waals surface area contributed by atoms with Gasteiger partial charge in [0, 0.05) is 16.7 Å². The molecule has 9 atom stereocenters. The number of aliphatic hydroxyl groups excluding tert-OH is 1. The Bertz CT molecular complexity index is 1190. The van der Waals surface area contributed by atoms with Crippen molar-refractivity contribution >= 4 is 11.6 Å². The molecule has 204 valence electrons. The molecule has 1 aromatic carbocycles. The number of carbonyl (C=O) groups excluding carboxylic acids is 2. The van der Waals surface area contributed by atoms with Crippen LogP contribution in [-0.4, -0.2) is 52.5 Å². The van der Waals surface area contributed by atoms with Gasteiger partial charge in [-0.2, -0.15) is 0 Å². The van der Waals surface area contributed by atoms with Gasteiger partial charge in [-0.25, -0.2) is 0 Å². The molecule has 0 bridgehead atoms. The van der Waals surface area contributed by atoms with Crippen LogP contribution in [0.15, 0.2) is 48.1 Å². The molecule has 0 amide bonds. The lowest BCUT2D eigenvalue weighted by atomic mass is 9.46. The Labute approximate surface area is 223 Å². The number of aliphatic hydroxyl groups is 1. The molecule has 1 aliphatic heterocycles. The number of carbonyl (C=O) groups is 2. The van der Waals surface area contributed by atoms with Gasteiger partial charge in [0.1, 0.15) is 18.1 Å². The number of aromatic hydroxyl groups is 1. The van der Waals surface area contributed by atoms with Crippen LogP contribution in [0.25, 0.3) is 0 Å². The molecule has 6 rings (SSSR count). The van der Waals surface area contributed by atoms with Crippen LogP contribution < -0.4 is 4.74 Å². The molecule has 1 saturated heterocycles. The van der Waals surface area contributed by atoms with Crippen LogP contribution in [0.4, 0.5) is 0 Å². The second-order valence-corrected chi connectivity index (χ2v) is 12.3. The Balaban J connectivity index is 1.34. The van der Waals surface area contributed by atoms with Crippen molar-refractivity contribution in [2.45, 2.75) is 83.4 Å². The topological polar surface area (TPSA) is 102 Å². The molecule has 4 fully saturated rings. The summed E-state index contributed by atoms with van der Waals surface area (Å²) >= 11 is 0. The van der Waals surface area contributed by atoms with Gasteiger partial charge in [0.2, 0.25) is 5.78 Å². The highest BCUT2D eigenvalue weighted by Crippen LogP contribution is 2.69. The zero-order chi connectivity index (χ0) is 26.9. The maximum atomic E-state index is 14.2. The molecule has 1 aromatic rings. The summed E-state index contributed by atoms with van der Waals surface area (Å²) in [4.78, 5) is 26.3. The molecule has 0 radical (unpaired) electrons. The highest BCUT2D eigenvalue weighted by molar-refractivity contribution is 6.01. The third kappa shape index (κ3) is 3.58. The number of benzene rings is 1. The van der Waals surface area contributed by atoms with Gasteiger partial charge in [-0.1, -0.05) is 38.8 Å². The Morgan fingerprint density at radius 3 is 2.71 bits per heavy atom. The average Bonchev–Trinajstić information content (AvgIpc) is 3.36. The SMILES string of the molecule is CCCC1O[C@@H]2C[C@H]3[C@@H]4CCC5=CC(=O)C=C[C@]5(C)C4[C@@H](O)C[C@]3(C)[C@]2(C(=O)COc2ccc(O)cc2)O1. The average molecular weight is 523 g/mol. The van der Waals surface area contributed by atoms with E-state index in [2.05, 4.69) is 20.8 Å². The van der Waals surface area contributed by atoms with E-state index in [1.807, 2.05) is 6.08 Å². The lowest BCUT2D eigenvalue weighted by Gasteiger charge is -2.59. The fourth-order valence-electron chi connectivity index (χ4n) is 8.80. The standard InChI is InChI=1S/C31H38O7/c1-4-5-27-37-26-15-23-22-11-6-18-14-20(33)12-13-29(18,2)28(22)24(34)16-30(23,3)31(26,38-27)25(35)17-36-21-9-7-19(32)8-10-21/h7-10,12-14,22-24,26-28,32,34H,4-6,11,15-17H2,1-3H3/t22-,23-,24-,26+,27?,28?,29-,30-,31+/m0/s1. The number of phenols is 1. The fraction of sp³-hybridized carbons (Fsp3) is 0.613. The van der Waals surface area contributed by atoms with E-state index in [-0.39, 0.29) is 47.1 Å². The number of ether oxygens (including phenoxy) is 3. The first-order valence-corrected chi connectivity index (χ1v) is 14.0. The zero-order valence-corrected chi connectivity index (χ0v) is 22.4. The first-order valence-electron chi connectivity index (χ1n) is 14.0. The summed E-state index contributed by atoms with van der Waals surface area (Å²) in [5.41, 5.74) is -1.09. The van der Waals surface area contributed by atoms with Crippen LogP contribution in [0.2, 0.25) is 0 Å². The monoisotopic (exact) mass is 522 g/mol. The Morgan fingerprint density at radius 1 is 1.21 bits per heavy atom. The predicted octanol–water partition coefficient (Wildman–Crippen LogP) is 4.51. The van der Waals surface area contributed by atoms with Crippen molar-refractivity contribution in [3.8, 4) is 11.5 Å². The van der Waals surface area contributed by atoms with Gasteiger partial charge in [-0.3, -0.25) is 9.59 Å². The summed E-state index contributed by atoms with van der Waals surface area (Å²) < 4.78 is 19.0. The summed E-state index contributed by atoms with van der Waals surface area (Å²) in [5, 5.41) is 21.4. The van der Waals surface area contributed by atoms with Crippen molar-refractivity contribution in [1.82, 2.24) is 0 Å². The molecule has 7 heteroatoms. The summed E-state index contributed by atoms with van der Waals surface area (Å²) in [6.07, 6.45) is 8.26. The number of rotatable bonds is 6. The Hall–Kier alpha value is -2.48. The molecule has 4 aliphatic carbocycles. The van der Waals surface area contributed by atoms with Gasteiger partial charge in [-0.15, -0.1) is 0 Å². The van der Waals surface area contributed by atoms with E-state index in [1.165, 1.54) is 12.1 Å². The third-order valence-electron chi connectivity index (χ3n) is 10.4. The second-order valence-electron chi connectivity index (χ2n) is 12.3. The number of allylic oxidation sites excluding steroid dienone is 4. The minimum Gasteiger partial charge on any atom is -0.508 e. The minimum absolute atomic E-state index is 0.0170. The molecule has 5 aliphatic rings. The van der Waals surface area contributed by atoms with Crippen molar-refractivity contribution in [3.63, 3.8) is 0 Å². The first-order chi connectivity index (χ1) is 18.1. The van der Waals surface area contributed by atoms with Gasteiger partial charge in [-0.05, 0) is 80.4 Å². The van der Waals surface area contributed by atoms with Crippen molar-refractivity contribution < 1.29 is 34.0 Å². The summed E-state index contributed by atoms with van der Waals surface area (Å²) in [6.45, 7) is 6.16. The molecular weight excluding hydrogens is 484 g/mol. The number of fused-ring (bicyclic) bond motifs is 7. The zero-order valence-electron chi connectivity index (χ0n) is 22.4. The minimum atomic E-state index is -1.20. The van der Waals surface area contributed by atoms with E-state index < -0.39 is 29.5 Å². The summed E-state index contributed by atoms with van der Waals surface area (Å²) in [6, 6.07) is 6.32. The molecule has 7 nitrogen and oxygen atoms in total. The van der Waals surface area contributed by atoms with Crippen LogP contribution in [0.3, 0.4) is 0 Å². The second kappa shape index (κ2) is 9.04. The van der Waals surface area contributed by atoms with Crippen LogP contribution in [0.5, 0.6) is 11.5 Å². The molecule has 2 unspecified atom stereocenters. The van der Waals surface area contributed by atoms with Gasteiger partial charge in [0.25, 0.3) is 0 Å². The first kappa shape index (κ1) is 25.8. The predicted molar refractivity (Wildman–Crippen MR) is 139 cm³/mol. The summed E-state index contributed by atoms with van der Waals surface area (Å²) in [7, 11) is 0. The fourth-order valence-corrected chi connectivity index (χ4v) is 8.80. The lowest BCUT2D eigenvalue weighted by molar-refractivity contribution is -0.200. The van der Waals surface area contributed by atoms with Crippen molar-refractivity contribution in [2.75, 3.05) is 6.61 Å². The number of phenolic OH excluding ortho intramolecular Hbond substituents is 1. The van der Waals surface area contributed by atoms with Crippen molar-refractivity contribution in [2.24, 2.45) is 28.6 Å². The Morgan fingerprint density at radius 2 is 1.97 bits per heavy atom. The van der Waals surface area contributed by atoms with E-state index in [1.54, 1.807) is 24.3 Å². The van der Waals surface area contributed by atoms with E-state index in [0.29, 0.717) is 25.0 Å². The molecule has 0 aromatic heterocycles. The normalized spacial score (nSPS) is 43.1. The largest absolute Gasteiger partial charge is 0.508 e. The number of hydrogen-bond donors (Lipinski definition) is 2. The maximum Gasteiger partial charge on any atom is 0.205 e. The molecule has 38 heavy (non-hydrogen) atoms. The highest BCUT2D eigenvalue weighted by Gasteiger charge is 2.75. The lowest BCUT2D eigenvalue weighted by Crippen LogP contribution is -2.63. The van der Waals surface area contributed by atoms with Gasteiger partial charge in [0.05, 0.1) is 12.2 Å². The molecule has 2 N–H and O–H groups in total. The van der Waals surface area contributed by atoms with Crippen LogP contribution in [0.1, 0.15) is 59.3 Å². The third-order valence-corrected chi connectivity index (χ3v) is 10.4. The van der Waals surface area contributed by atoms with Crippen LogP contribution >= 0.6 is 0 Å². The van der Waals surface area contributed by atoms with E-state index in [0.717, 1.165) is 24.8 Å². The number of hydrogen-bond acceptors (Lipinski definition) is 7. The van der Waals surface area contributed by atoms with Crippen molar-refractivity contribution in [1.29, 1.82) is 0 Å². The van der Waals surface area contributed by atoms with E-state index in [9.17, 15) is 19.8 Å². The number of ketones is 2. The van der Waals surface area contributed by atoms with Crippen LogP contribution in [0, 0.1) is 28.6 Å². The maximum absolute atomic E-state index is 14.2. The van der Waals surface area contributed by atoms with Crippen LogP contribution in [-0.2, 0) is 19.1 Å². The van der Waals surface area contributed by atoms with E-state index >= 15 is 0 Å². The van der Waals surface area contributed by atoms with Gasteiger partial charge >= 0.3 is 0 Å². The quantitative estimate of drug-likeness (QED) is 0.567. The Kier molecular flexibility index (Phi) is 6.13. The molecule has 0 spiro atoms. The van der Waals surface area contributed by atoms with Gasteiger partial charge in [0.15, 0.2) is 17.7 Å². The molecule has 3 saturated carbocycles. The van der Waals surface area contributed by atoms with Gasteiger partial charge < -0.3 is 24.4 Å². The summed E-state index contributed by atoms with van der Waals surface area (Å²) in [5.74, 6) is 0.759. The van der Waals surface area contributed by atoms with Crippen molar-refractivity contribution in [3.05, 3.63) is 48.1 Å². The molecular formula is C31H38O7. The number of Topliss-reactive ketones (excluding diaryl/α,β-unsaturated/α-hetero) is 1. The smallest absolute Gasteiger partial charge is 0.205 e. The molecule has 1 heterocycles. The van der Waals surface area contributed by atoms with E-state index in [4.69, 9.17) is 14.2 Å². The highest BCUT2D eigenvalue weighted by atomic mass is 16.7.